The lowest BCUT2D eigenvalue weighted by atomic mass is 9.81. The first-order valence-electron chi connectivity index (χ1n) is 6.98. The molecule has 2 atom stereocenters. The van der Waals surface area contributed by atoms with E-state index in [1.54, 1.807) is 0 Å². The van der Waals surface area contributed by atoms with Crippen LogP contribution in [0.25, 0.3) is 0 Å². The molecule has 2 unspecified atom stereocenters. The highest BCUT2D eigenvalue weighted by atomic mass is 35.5. The summed E-state index contributed by atoms with van der Waals surface area (Å²) in [6.07, 6.45) is 4.53. The number of carbonyl (C=O) groups is 1. The molecule has 4 heteroatoms. The lowest BCUT2D eigenvalue weighted by Gasteiger charge is -2.34. The summed E-state index contributed by atoms with van der Waals surface area (Å²) in [4.78, 5) is 12.0. The Morgan fingerprint density at radius 3 is 2.44 bits per heavy atom. The Labute approximate surface area is 117 Å². The zero-order chi connectivity index (χ0) is 12.5. The van der Waals surface area contributed by atoms with E-state index in [2.05, 4.69) is 31.4 Å². The minimum atomic E-state index is 0. The smallest absolute Gasteiger partial charge is 0.223 e. The Morgan fingerprint density at radius 2 is 1.94 bits per heavy atom. The highest BCUT2D eigenvalue weighted by Gasteiger charge is 2.52. The molecule has 0 aromatic heterocycles. The van der Waals surface area contributed by atoms with Gasteiger partial charge in [-0.2, -0.15) is 0 Å². The molecule has 1 amide bonds. The maximum absolute atomic E-state index is 12.0. The molecule has 1 heterocycles. The number of carbonyl (C=O) groups excluding carboxylic acids is 1. The fourth-order valence-corrected chi connectivity index (χ4v) is 2.84. The number of halogens is 1. The summed E-state index contributed by atoms with van der Waals surface area (Å²) in [5, 5.41) is 6.55. The summed E-state index contributed by atoms with van der Waals surface area (Å²) in [5.41, 5.74) is 0.595. The van der Waals surface area contributed by atoms with Crippen molar-refractivity contribution < 1.29 is 4.79 Å². The van der Waals surface area contributed by atoms with Gasteiger partial charge in [0.05, 0.1) is 0 Å². The highest BCUT2D eigenvalue weighted by Crippen LogP contribution is 2.54. The molecular formula is C14H27ClN2O. The van der Waals surface area contributed by atoms with Crippen LogP contribution in [0.2, 0.25) is 0 Å². The summed E-state index contributed by atoms with van der Waals surface area (Å²) in [6.45, 7) is 9.72. The third kappa shape index (κ3) is 3.39. The van der Waals surface area contributed by atoms with Crippen molar-refractivity contribution in [2.24, 2.45) is 16.7 Å². The lowest BCUT2D eigenvalue weighted by molar-refractivity contribution is -0.123. The molecule has 2 aliphatic rings. The third-order valence-electron chi connectivity index (χ3n) is 4.98. The first kappa shape index (κ1) is 15.8. The second-order valence-corrected chi connectivity index (χ2v) is 6.54. The van der Waals surface area contributed by atoms with Crippen LogP contribution in [0, 0.1) is 16.7 Å². The molecule has 18 heavy (non-hydrogen) atoms. The van der Waals surface area contributed by atoms with Gasteiger partial charge >= 0.3 is 0 Å². The van der Waals surface area contributed by atoms with Crippen LogP contribution in [0.15, 0.2) is 0 Å². The molecule has 106 valence electrons. The Kier molecular flexibility index (Phi) is 5.07. The van der Waals surface area contributed by atoms with E-state index in [0.717, 1.165) is 32.5 Å². The maximum atomic E-state index is 12.0. The minimum absolute atomic E-state index is 0. The Hall–Kier alpha value is -0.280. The maximum Gasteiger partial charge on any atom is 0.223 e. The second kappa shape index (κ2) is 5.79. The van der Waals surface area contributed by atoms with E-state index in [1.807, 2.05) is 0 Å². The van der Waals surface area contributed by atoms with Gasteiger partial charge in [-0.15, -0.1) is 12.4 Å². The molecule has 2 N–H and O–H groups in total. The fourth-order valence-electron chi connectivity index (χ4n) is 2.84. The van der Waals surface area contributed by atoms with Gasteiger partial charge < -0.3 is 10.6 Å². The number of amides is 1. The van der Waals surface area contributed by atoms with Gasteiger partial charge in [0.15, 0.2) is 0 Å². The zero-order valence-corrected chi connectivity index (χ0v) is 12.7. The minimum Gasteiger partial charge on any atom is -0.355 e. The zero-order valence-electron chi connectivity index (χ0n) is 11.8. The normalized spacial score (nSPS) is 33.4. The molecule has 1 aliphatic heterocycles. The van der Waals surface area contributed by atoms with Crippen LogP contribution in [0.4, 0.5) is 0 Å². The molecule has 1 saturated heterocycles. The SMILES string of the molecule is CCC1(C)CC1C(=O)NCC1(C)CCNCC1.Cl. The van der Waals surface area contributed by atoms with Crippen molar-refractivity contribution in [2.45, 2.75) is 46.5 Å². The van der Waals surface area contributed by atoms with Gasteiger partial charge in [-0.25, -0.2) is 0 Å². The summed E-state index contributed by atoms with van der Waals surface area (Å²) in [7, 11) is 0. The van der Waals surface area contributed by atoms with Crippen LogP contribution in [0.1, 0.15) is 46.5 Å². The van der Waals surface area contributed by atoms with E-state index in [1.165, 1.54) is 12.8 Å². The second-order valence-electron chi connectivity index (χ2n) is 6.54. The van der Waals surface area contributed by atoms with Crippen LogP contribution in [-0.2, 0) is 4.79 Å². The summed E-state index contributed by atoms with van der Waals surface area (Å²) < 4.78 is 0. The van der Waals surface area contributed by atoms with Crippen molar-refractivity contribution in [3.8, 4) is 0 Å². The number of piperidine rings is 1. The van der Waals surface area contributed by atoms with Crippen molar-refractivity contribution in [1.82, 2.24) is 10.6 Å². The van der Waals surface area contributed by atoms with E-state index in [9.17, 15) is 4.79 Å². The van der Waals surface area contributed by atoms with Crippen molar-refractivity contribution in [3.63, 3.8) is 0 Å². The molecular weight excluding hydrogens is 248 g/mol. The van der Waals surface area contributed by atoms with Gasteiger partial charge in [-0.3, -0.25) is 4.79 Å². The molecule has 0 spiro atoms. The van der Waals surface area contributed by atoms with E-state index < -0.39 is 0 Å². The summed E-state index contributed by atoms with van der Waals surface area (Å²) in [6, 6.07) is 0. The highest BCUT2D eigenvalue weighted by molar-refractivity contribution is 5.85. The van der Waals surface area contributed by atoms with Gasteiger partial charge in [0, 0.05) is 12.5 Å². The van der Waals surface area contributed by atoms with E-state index in [4.69, 9.17) is 0 Å². The van der Waals surface area contributed by atoms with Crippen LogP contribution in [0.3, 0.4) is 0 Å². The average Bonchev–Trinajstić information content (AvgIpc) is 3.01. The third-order valence-corrected chi connectivity index (χ3v) is 4.98. The molecule has 2 rings (SSSR count). The molecule has 0 aromatic carbocycles. The monoisotopic (exact) mass is 274 g/mol. The Morgan fingerprint density at radius 1 is 1.33 bits per heavy atom. The predicted molar refractivity (Wildman–Crippen MR) is 77.0 cm³/mol. The van der Waals surface area contributed by atoms with Crippen LogP contribution < -0.4 is 10.6 Å². The van der Waals surface area contributed by atoms with E-state index in [0.29, 0.717) is 10.8 Å². The molecule has 0 bridgehead atoms. The molecule has 0 radical (unpaired) electrons. The molecule has 2 fully saturated rings. The summed E-state index contributed by atoms with van der Waals surface area (Å²) >= 11 is 0. The predicted octanol–water partition coefficient (Wildman–Crippen LogP) is 2.35. The van der Waals surface area contributed by atoms with Gasteiger partial charge in [0.1, 0.15) is 0 Å². The van der Waals surface area contributed by atoms with E-state index >= 15 is 0 Å². The van der Waals surface area contributed by atoms with Crippen molar-refractivity contribution in [1.29, 1.82) is 0 Å². The number of hydrogen-bond acceptors (Lipinski definition) is 2. The van der Waals surface area contributed by atoms with Crippen molar-refractivity contribution >= 4 is 18.3 Å². The van der Waals surface area contributed by atoms with Crippen LogP contribution in [-0.4, -0.2) is 25.5 Å². The van der Waals surface area contributed by atoms with Gasteiger partial charge in [0.2, 0.25) is 5.91 Å². The topological polar surface area (TPSA) is 41.1 Å². The Balaban J connectivity index is 0.00000162. The first-order chi connectivity index (χ1) is 7.99. The van der Waals surface area contributed by atoms with Crippen molar-refractivity contribution in [3.05, 3.63) is 0 Å². The van der Waals surface area contributed by atoms with Crippen LogP contribution in [0.5, 0.6) is 0 Å². The van der Waals surface area contributed by atoms with Gasteiger partial charge in [-0.1, -0.05) is 20.8 Å². The van der Waals surface area contributed by atoms with Crippen LogP contribution >= 0.6 is 12.4 Å². The number of hydrogen-bond donors (Lipinski definition) is 2. The molecule has 1 aliphatic carbocycles. The fraction of sp³-hybridized carbons (Fsp3) is 0.929. The van der Waals surface area contributed by atoms with Gasteiger partial charge in [-0.05, 0) is 49.6 Å². The van der Waals surface area contributed by atoms with Crippen molar-refractivity contribution in [2.75, 3.05) is 19.6 Å². The molecule has 1 saturated carbocycles. The largest absolute Gasteiger partial charge is 0.355 e. The number of rotatable bonds is 4. The van der Waals surface area contributed by atoms with Gasteiger partial charge in [0.25, 0.3) is 0 Å². The quantitative estimate of drug-likeness (QED) is 0.826. The molecule has 3 nitrogen and oxygen atoms in total. The number of nitrogens with one attached hydrogen (secondary N) is 2. The lowest BCUT2D eigenvalue weighted by Crippen LogP contribution is -2.43. The first-order valence-corrected chi connectivity index (χ1v) is 6.98. The standard InChI is InChI=1S/C14H26N2O.ClH/c1-4-14(3)9-11(14)12(17)16-10-13(2)5-7-15-8-6-13;/h11,15H,4-10H2,1-3H3,(H,16,17);1H. The molecule has 0 aromatic rings. The Bertz CT molecular complexity index is 302. The average molecular weight is 275 g/mol. The van der Waals surface area contributed by atoms with E-state index in [-0.39, 0.29) is 24.2 Å². The summed E-state index contributed by atoms with van der Waals surface area (Å²) in [5.74, 6) is 0.562.